The molecule has 2 aliphatic heterocycles. The van der Waals surface area contributed by atoms with Crippen LogP contribution in [0.1, 0.15) is 23.2 Å². The fraction of sp³-hybridized carbons (Fsp3) is 0.222. The maximum Gasteiger partial charge on any atom is 0.256 e. The summed E-state index contributed by atoms with van der Waals surface area (Å²) in [6.07, 6.45) is 0.498. The van der Waals surface area contributed by atoms with E-state index in [-0.39, 0.29) is 29.3 Å². The number of sulfone groups is 1. The molecule has 3 amide bonds. The largest absolute Gasteiger partial charge is 0.352 e. The Kier molecular flexibility index (Phi) is 6.51. The molecule has 0 spiro atoms. The van der Waals surface area contributed by atoms with Crippen molar-refractivity contribution < 1.29 is 27.2 Å². The number of nitrogens with zero attached hydrogens (tertiary/aromatic N) is 1. The van der Waals surface area contributed by atoms with Gasteiger partial charge in [-0.25, -0.2) is 12.8 Å². The van der Waals surface area contributed by atoms with Crippen LogP contribution in [0.4, 0.5) is 10.1 Å². The quantitative estimate of drug-likeness (QED) is 0.536. The number of amides is 3. The second-order valence-electron chi connectivity index (χ2n) is 9.10. The number of anilines is 1. The highest BCUT2D eigenvalue weighted by Gasteiger charge is 2.40. The molecule has 5 rings (SSSR count). The minimum Gasteiger partial charge on any atom is -0.352 e. The molecule has 8 nitrogen and oxygen atoms in total. The molecule has 0 aliphatic carbocycles. The lowest BCUT2D eigenvalue weighted by atomic mass is 9.95. The first-order valence-electron chi connectivity index (χ1n) is 11.8. The minimum absolute atomic E-state index is 0.0567. The van der Waals surface area contributed by atoms with Gasteiger partial charge in [-0.2, -0.15) is 0 Å². The normalized spacial score (nSPS) is 19.3. The third-order valence-corrected chi connectivity index (χ3v) is 8.28. The Balaban J connectivity index is 1.31. The Morgan fingerprint density at radius 1 is 1.00 bits per heavy atom. The molecule has 2 heterocycles. The van der Waals surface area contributed by atoms with E-state index >= 15 is 0 Å². The molecule has 2 N–H and O–H groups in total. The Morgan fingerprint density at radius 2 is 1.73 bits per heavy atom. The van der Waals surface area contributed by atoms with Gasteiger partial charge in [0.15, 0.2) is 9.84 Å². The molecule has 3 aromatic rings. The fourth-order valence-electron chi connectivity index (χ4n) is 4.80. The number of hydrogen-bond acceptors (Lipinski definition) is 5. The molecule has 2 atom stereocenters. The monoisotopic (exact) mass is 521 g/mol. The Hall–Kier alpha value is -4.05. The van der Waals surface area contributed by atoms with E-state index in [4.69, 9.17) is 0 Å². The summed E-state index contributed by atoms with van der Waals surface area (Å²) in [7, 11) is -3.81. The highest BCUT2D eigenvalue weighted by atomic mass is 32.2. The number of halogens is 1. The summed E-state index contributed by atoms with van der Waals surface area (Å²) >= 11 is 0. The van der Waals surface area contributed by atoms with Crippen LogP contribution in [-0.4, -0.2) is 55.4 Å². The van der Waals surface area contributed by atoms with Crippen LogP contribution in [0, 0.1) is 5.82 Å². The first kappa shape index (κ1) is 24.6. The van der Waals surface area contributed by atoms with Crippen molar-refractivity contribution in [2.24, 2.45) is 0 Å². The van der Waals surface area contributed by atoms with E-state index in [1.165, 1.54) is 23.1 Å². The van der Waals surface area contributed by atoms with Crippen LogP contribution in [-0.2, 0) is 19.4 Å². The molecule has 0 saturated carbocycles. The van der Waals surface area contributed by atoms with Gasteiger partial charge in [0.2, 0.25) is 11.8 Å². The molecule has 0 radical (unpaired) electrons. The zero-order chi connectivity index (χ0) is 26.2. The van der Waals surface area contributed by atoms with Crippen LogP contribution >= 0.6 is 0 Å². The van der Waals surface area contributed by atoms with Crippen molar-refractivity contribution in [3.05, 3.63) is 84.2 Å². The van der Waals surface area contributed by atoms with Crippen LogP contribution in [0.15, 0.2) is 77.7 Å². The van der Waals surface area contributed by atoms with Crippen molar-refractivity contribution in [2.75, 3.05) is 17.6 Å². The van der Waals surface area contributed by atoms with Crippen LogP contribution in [0.2, 0.25) is 0 Å². The maximum absolute atomic E-state index is 14.3. The van der Waals surface area contributed by atoms with E-state index in [2.05, 4.69) is 10.6 Å². The predicted molar refractivity (Wildman–Crippen MR) is 135 cm³/mol. The van der Waals surface area contributed by atoms with Crippen LogP contribution in [0.3, 0.4) is 0 Å². The predicted octanol–water partition coefficient (Wildman–Crippen LogP) is 3.01. The Morgan fingerprint density at radius 3 is 2.49 bits per heavy atom. The minimum atomic E-state index is -3.81. The molecule has 1 saturated heterocycles. The highest BCUT2D eigenvalue weighted by Crippen LogP contribution is 2.32. The van der Waals surface area contributed by atoms with Gasteiger partial charge < -0.3 is 15.5 Å². The van der Waals surface area contributed by atoms with Gasteiger partial charge in [0, 0.05) is 18.2 Å². The van der Waals surface area contributed by atoms with Crippen LogP contribution in [0.5, 0.6) is 0 Å². The standard InChI is InChI=1S/C27H24FN3O5S/c28-22-9-5-4-8-20(22)17-10-11-23-21(14-17)27(34)31-13-12-18(15-24(31)26(33)30-23)29-25(32)16-37(35,36)19-6-2-1-3-7-19/h1-11,14,18,24H,12-13,15-16H2,(H,29,32)(H,30,33)/t18-,24+/m1/s1. The summed E-state index contributed by atoms with van der Waals surface area (Å²) < 4.78 is 39.4. The van der Waals surface area contributed by atoms with Gasteiger partial charge in [-0.1, -0.05) is 42.5 Å². The molecule has 2 aliphatic rings. The van der Waals surface area contributed by atoms with Gasteiger partial charge in [0.25, 0.3) is 5.91 Å². The van der Waals surface area contributed by atoms with Crippen molar-refractivity contribution >= 4 is 33.2 Å². The van der Waals surface area contributed by atoms with Crippen molar-refractivity contribution in [3.8, 4) is 11.1 Å². The number of nitrogens with one attached hydrogen (secondary N) is 2. The maximum atomic E-state index is 14.3. The fourth-order valence-corrected chi connectivity index (χ4v) is 5.97. The van der Waals surface area contributed by atoms with Crippen LogP contribution < -0.4 is 10.6 Å². The second kappa shape index (κ2) is 9.78. The number of hydrogen-bond donors (Lipinski definition) is 2. The summed E-state index contributed by atoms with van der Waals surface area (Å²) in [6.45, 7) is 0.191. The van der Waals surface area contributed by atoms with Crippen LogP contribution in [0.25, 0.3) is 11.1 Å². The zero-order valence-corrected chi connectivity index (χ0v) is 20.5. The van der Waals surface area contributed by atoms with Gasteiger partial charge >= 0.3 is 0 Å². The lowest BCUT2D eigenvalue weighted by molar-refractivity contribution is -0.124. The summed E-state index contributed by atoms with van der Waals surface area (Å²) in [5.74, 6) is -2.57. The van der Waals surface area contributed by atoms with Gasteiger partial charge in [-0.05, 0) is 48.7 Å². The van der Waals surface area contributed by atoms with E-state index in [1.54, 1.807) is 54.6 Å². The summed E-state index contributed by atoms with van der Waals surface area (Å²) in [4.78, 5) is 40.5. The molecule has 3 aromatic carbocycles. The summed E-state index contributed by atoms with van der Waals surface area (Å²) in [6, 6.07) is 17.4. The highest BCUT2D eigenvalue weighted by molar-refractivity contribution is 7.92. The topological polar surface area (TPSA) is 113 Å². The van der Waals surface area contributed by atoms with Crippen molar-refractivity contribution in [1.82, 2.24) is 10.2 Å². The molecule has 0 unspecified atom stereocenters. The summed E-state index contributed by atoms with van der Waals surface area (Å²) in [5.41, 5.74) is 1.45. The lowest BCUT2D eigenvalue weighted by Crippen LogP contribution is -2.55. The average Bonchev–Trinajstić information content (AvgIpc) is 2.98. The van der Waals surface area contributed by atoms with E-state index in [1.807, 2.05) is 0 Å². The Labute approximate surface area is 213 Å². The number of carbonyl (C=O) groups is 3. The summed E-state index contributed by atoms with van der Waals surface area (Å²) in [5, 5.41) is 5.49. The number of carbonyl (C=O) groups excluding carboxylic acids is 3. The third-order valence-electron chi connectivity index (χ3n) is 6.65. The van der Waals surface area contributed by atoms with Gasteiger partial charge in [-0.3, -0.25) is 14.4 Å². The van der Waals surface area contributed by atoms with Gasteiger partial charge in [0.1, 0.15) is 17.6 Å². The molecule has 0 aromatic heterocycles. The SMILES string of the molecule is O=C(CS(=O)(=O)c1ccccc1)N[C@@H]1CCN2C(=O)c3cc(-c4ccccc4F)ccc3NC(=O)[C@@H]2C1. The molecule has 0 bridgehead atoms. The average molecular weight is 522 g/mol. The first-order chi connectivity index (χ1) is 17.7. The smallest absolute Gasteiger partial charge is 0.256 e. The van der Waals surface area contributed by atoms with Gasteiger partial charge in [0.05, 0.1) is 16.1 Å². The number of piperidine rings is 1. The molecule has 190 valence electrons. The van der Waals surface area contributed by atoms with Crippen molar-refractivity contribution in [1.29, 1.82) is 0 Å². The lowest BCUT2D eigenvalue weighted by Gasteiger charge is -2.37. The third kappa shape index (κ3) is 4.97. The zero-order valence-electron chi connectivity index (χ0n) is 19.7. The number of benzene rings is 3. The molecular formula is C27H24FN3O5S. The van der Waals surface area contributed by atoms with Crippen molar-refractivity contribution in [2.45, 2.75) is 29.8 Å². The van der Waals surface area contributed by atoms with E-state index in [0.717, 1.165) is 0 Å². The molecule has 37 heavy (non-hydrogen) atoms. The molecular weight excluding hydrogens is 497 g/mol. The van der Waals surface area contributed by atoms with E-state index in [0.29, 0.717) is 23.2 Å². The van der Waals surface area contributed by atoms with E-state index in [9.17, 15) is 27.2 Å². The molecule has 10 heteroatoms. The number of fused-ring (bicyclic) bond motifs is 2. The van der Waals surface area contributed by atoms with E-state index < -0.39 is 45.3 Å². The van der Waals surface area contributed by atoms with Crippen molar-refractivity contribution in [3.63, 3.8) is 0 Å². The number of rotatable bonds is 5. The van der Waals surface area contributed by atoms with Gasteiger partial charge in [-0.15, -0.1) is 0 Å². The Bertz CT molecular complexity index is 1490. The molecule has 1 fully saturated rings. The first-order valence-corrected chi connectivity index (χ1v) is 13.5. The second-order valence-corrected chi connectivity index (χ2v) is 11.1.